The molecule has 0 unspecified atom stereocenters. The molecule has 1 rings (SSSR count). The summed E-state index contributed by atoms with van der Waals surface area (Å²) >= 11 is 3.26. The van der Waals surface area contributed by atoms with Crippen molar-refractivity contribution in [3.05, 3.63) is 44.1 Å². The summed E-state index contributed by atoms with van der Waals surface area (Å²) in [7, 11) is 0. The molecule has 0 bridgehead atoms. The Morgan fingerprint density at radius 2 is 2.25 bits per heavy atom. The third kappa shape index (κ3) is 2.04. The molecule has 0 aromatic rings. The fraction of sp³-hybridized carbons (Fsp3) is 0.250. The Bertz CT molecular complexity index is 302. The van der Waals surface area contributed by atoms with Crippen molar-refractivity contribution >= 4 is 15.9 Å². The maximum atomic E-state index is 10.4. The van der Waals surface area contributed by atoms with Crippen LogP contribution in [0.5, 0.6) is 0 Å². The third-order valence-corrected chi connectivity index (χ3v) is 2.47. The van der Waals surface area contributed by atoms with E-state index in [2.05, 4.69) is 15.9 Å². The number of halogens is 1. The Labute approximate surface area is 78.7 Å². The van der Waals surface area contributed by atoms with Crippen molar-refractivity contribution < 1.29 is 4.92 Å². The van der Waals surface area contributed by atoms with Crippen LogP contribution in [0, 0.1) is 10.1 Å². The first-order chi connectivity index (χ1) is 5.61. The van der Waals surface area contributed by atoms with Gasteiger partial charge in [0, 0.05) is 10.6 Å². The molecule has 0 heterocycles. The summed E-state index contributed by atoms with van der Waals surface area (Å²) in [5, 5.41) is 10.4. The Morgan fingerprint density at radius 3 is 2.83 bits per heavy atom. The number of allylic oxidation sites excluding steroid dienone is 5. The second kappa shape index (κ2) is 3.67. The predicted octanol–water partition coefficient (Wildman–Crippen LogP) is 2.78. The van der Waals surface area contributed by atoms with Gasteiger partial charge in [-0.1, -0.05) is 22.0 Å². The van der Waals surface area contributed by atoms with E-state index in [9.17, 15) is 10.1 Å². The fourth-order valence-corrected chi connectivity index (χ4v) is 1.28. The van der Waals surface area contributed by atoms with E-state index < -0.39 is 0 Å². The van der Waals surface area contributed by atoms with Crippen LogP contribution in [0.4, 0.5) is 0 Å². The average Bonchev–Trinajstić information content (AvgIpc) is 2.15. The average molecular weight is 230 g/mol. The number of hydrogen-bond acceptors (Lipinski definition) is 2. The summed E-state index contributed by atoms with van der Waals surface area (Å²) in [6.45, 7) is 1.91. The zero-order chi connectivity index (χ0) is 9.14. The molecule has 1 aliphatic rings. The number of nitro groups is 1. The molecule has 0 atom stereocenters. The van der Waals surface area contributed by atoms with E-state index >= 15 is 0 Å². The first kappa shape index (κ1) is 9.19. The van der Waals surface area contributed by atoms with Gasteiger partial charge in [0.2, 0.25) is 0 Å². The molecule has 3 nitrogen and oxygen atoms in total. The van der Waals surface area contributed by atoms with E-state index in [1.165, 1.54) is 6.08 Å². The van der Waals surface area contributed by atoms with Crippen molar-refractivity contribution in [3.8, 4) is 0 Å². The molecule has 0 aromatic heterocycles. The molecular weight excluding hydrogens is 222 g/mol. The maximum absolute atomic E-state index is 10.4. The van der Waals surface area contributed by atoms with Crippen LogP contribution in [-0.4, -0.2) is 4.92 Å². The first-order valence-electron chi connectivity index (χ1n) is 3.50. The monoisotopic (exact) mass is 229 g/mol. The summed E-state index contributed by atoms with van der Waals surface area (Å²) in [5.74, 6) is 0. The standard InChI is InChI=1S/C8H8BrNO2/c1-6-3-2-4-7(10(11)12)5-8(6)9/h3-5H,2H2,1H3. The van der Waals surface area contributed by atoms with Crippen molar-refractivity contribution in [2.75, 3.05) is 0 Å². The van der Waals surface area contributed by atoms with Gasteiger partial charge in [0.25, 0.3) is 5.70 Å². The summed E-state index contributed by atoms with van der Waals surface area (Å²) in [6, 6.07) is 0. The van der Waals surface area contributed by atoms with Gasteiger partial charge in [-0.15, -0.1) is 0 Å². The van der Waals surface area contributed by atoms with Gasteiger partial charge in [-0.2, -0.15) is 0 Å². The molecule has 0 fully saturated rings. The maximum Gasteiger partial charge on any atom is 0.266 e. The van der Waals surface area contributed by atoms with E-state index in [0.29, 0.717) is 6.42 Å². The lowest BCUT2D eigenvalue weighted by Gasteiger charge is -1.93. The zero-order valence-corrected chi connectivity index (χ0v) is 8.17. The van der Waals surface area contributed by atoms with Gasteiger partial charge in [-0.3, -0.25) is 10.1 Å². The van der Waals surface area contributed by atoms with Crippen molar-refractivity contribution in [3.63, 3.8) is 0 Å². The van der Waals surface area contributed by atoms with Crippen LogP contribution in [0.15, 0.2) is 34.0 Å². The Kier molecular flexibility index (Phi) is 2.81. The number of nitrogens with zero attached hydrogens (tertiary/aromatic N) is 1. The molecule has 1 aliphatic carbocycles. The summed E-state index contributed by atoms with van der Waals surface area (Å²) in [4.78, 5) is 10.0. The van der Waals surface area contributed by atoms with Crippen LogP contribution in [0.3, 0.4) is 0 Å². The second-order valence-corrected chi connectivity index (χ2v) is 3.36. The van der Waals surface area contributed by atoms with Gasteiger partial charge >= 0.3 is 0 Å². The van der Waals surface area contributed by atoms with Crippen LogP contribution in [0.1, 0.15) is 13.3 Å². The molecule has 64 valence electrons. The number of hydrogen-bond donors (Lipinski definition) is 0. The highest BCUT2D eigenvalue weighted by molar-refractivity contribution is 9.12. The van der Waals surface area contributed by atoms with Gasteiger partial charge in [0.15, 0.2) is 0 Å². The van der Waals surface area contributed by atoms with Crippen LogP contribution in [0.2, 0.25) is 0 Å². The lowest BCUT2D eigenvalue weighted by molar-refractivity contribution is -0.419. The van der Waals surface area contributed by atoms with E-state index in [-0.39, 0.29) is 10.6 Å². The van der Waals surface area contributed by atoms with Crippen LogP contribution < -0.4 is 0 Å². The highest BCUT2D eigenvalue weighted by Gasteiger charge is 2.10. The minimum atomic E-state index is -0.381. The molecule has 0 radical (unpaired) electrons. The highest BCUT2D eigenvalue weighted by Crippen LogP contribution is 2.22. The van der Waals surface area contributed by atoms with Crippen molar-refractivity contribution in [2.45, 2.75) is 13.3 Å². The summed E-state index contributed by atoms with van der Waals surface area (Å²) in [5.41, 5.74) is 1.18. The van der Waals surface area contributed by atoms with E-state index in [1.54, 1.807) is 6.08 Å². The van der Waals surface area contributed by atoms with Crippen molar-refractivity contribution in [2.24, 2.45) is 0 Å². The van der Waals surface area contributed by atoms with Crippen molar-refractivity contribution in [1.29, 1.82) is 0 Å². The zero-order valence-electron chi connectivity index (χ0n) is 6.58. The van der Waals surface area contributed by atoms with E-state index in [0.717, 1.165) is 10.1 Å². The molecule has 0 N–H and O–H groups in total. The van der Waals surface area contributed by atoms with Crippen molar-refractivity contribution in [1.82, 2.24) is 0 Å². The van der Waals surface area contributed by atoms with Crippen LogP contribution in [-0.2, 0) is 0 Å². The van der Waals surface area contributed by atoms with Gasteiger partial charge in [-0.25, -0.2) is 0 Å². The second-order valence-electron chi connectivity index (χ2n) is 2.50. The van der Waals surface area contributed by atoms with E-state index in [4.69, 9.17) is 0 Å². The molecule has 0 aromatic carbocycles. The molecule has 0 aliphatic heterocycles. The largest absolute Gasteiger partial charge is 0.266 e. The first-order valence-corrected chi connectivity index (χ1v) is 4.29. The van der Waals surface area contributed by atoms with Crippen LogP contribution >= 0.6 is 15.9 Å². The fourth-order valence-electron chi connectivity index (χ4n) is 0.884. The minimum Gasteiger partial charge on any atom is -0.258 e. The van der Waals surface area contributed by atoms with Gasteiger partial charge in [0.05, 0.1) is 4.92 Å². The molecular formula is C8H8BrNO2. The Morgan fingerprint density at radius 1 is 1.58 bits per heavy atom. The molecule has 0 spiro atoms. The summed E-state index contributed by atoms with van der Waals surface area (Å²) in [6.07, 6.45) is 5.68. The van der Waals surface area contributed by atoms with Gasteiger partial charge in [-0.05, 0) is 25.0 Å². The normalized spacial score (nSPS) is 17.3. The Hall–Kier alpha value is -0.900. The van der Waals surface area contributed by atoms with E-state index in [1.807, 2.05) is 13.0 Å². The molecule has 12 heavy (non-hydrogen) atoms. The molecule has 0 saturated carbocycles. The molecule has 0 saturated heterocycles. The molecule has 4 heteroatoms. The summed E-state index contributed by atoms with van der Waals surface area (Å²) < 4.78 is 0.781. The third-order valence-electron chi connectivity index (χ3n) is 1.61. The smallest absolute Gasteiger partial charge is 0.258 e. The molecule has 0 amide bonds. The Balaban J connectivity index is 2.98. The highest BCUT2D eigenvalue weighted by atomic mass is 79.9. The lowest BCUT2D eigenvalue weighted by atomic mass is 10.2. The van der Waals surface area contributed by atoms with Gasteiger partial charge in [0.1, 0.15) is 0 Å². The lowest BCUT2D eigenvalue weighted by Crippen LogP contribution is -1.94. The van der Waals surface area contributed by atoms with Crippen LogP contribution in [0.25, 0.3) is 0 Å². The number of rotatable bonds is 1. The SMILES string of the molecule is CC1=CCC=C([N+](=O)[O-])C=C1Br. The topological polar surface area (TPSA) is 43.1 Å². The minimum absolute atomic E-state index is 0.148. The quantitative estimate of drug-likeness (QED) is 0.513. The predicted molar refractivity (Wildman–Crippen MR) is 50.5 cm³/mol. The van der Waals surface area contributed by atoms with Gasteiger partial charge < -0.3 is 0 Å².